The van der Waals surface area contributed by atoms with E-state index < -0.39 is 17.1 Å². The number of allylic oxidation sites excluding steroid dienone is 1. The SMILES string of the molecule is N/C=C(\C=C(/N)Cl)N/C=C\C(N)=NC(=O)C1(c2ccccc2F)CC1. The van der Waals surface area contributed by atoms with Crippen LogP contribution in [-0.4, -0.2) is 11.7 Å². The average molecular weight is 364 g/mol. The van der Waals surface area contributed by atoms with E-state index in [0.29, 0.717) is 24.1 Å². The summed E-state index contributed by atoms with van der Waals surface area (Å²) in [5.41, 5.74) is 16.3. The minimum Gasteiger partial charge on any atom is -0.403 e. The predicted molar refractivity (Wildman–Crippen MR) is 96.6 cm³/mol. The Hall–Kier alpha value is -2.80. The summed E-state index contributed by atoms with van der Waals surface area (Å²) in [5.74, 6) is -0.888. The quantitative estimate of drug-likeness (QED) is 0.265. The van der Waals surface area contributed by atoms with Crippen LogP contribution in [0.1, 0.15) is 18.4 Å². The summed E-state index contributed by atoms with van der Waals surface area (Å²) in [6.07, 6.45) is 6.58. The maximum absolute atomic E-state index is 14.0. The van der Waals surface area contributed by atoms with Crippen molar-refractivity contribution in [1.82, 2.24) is 5.32 Å². The molecule has 0 aromatic heterocycles. The van der Waals surface area contributed by atoms with Gasteiger partial charge in [0.1, 0.15) is 16.8 Å². The van der Waals surface area contributed by atoms with Crippen LogP contribution in [0.4, 0.5) is 4.39 Å². The van der Waals surface area contributed by atoms with Gasteiger partial charge < -0.3 is 22.5 Å². The molecule has 1 fully saturated rings. The fourth-order valence-electron chi connectivity index (χ4n) is 2.34. The molecule has 7 N–H and O–H groups in total. The summed E-state index contributed by atoms with van der Waals surface area (Å²) in [5, 5.41) is 2.83. The molecule has 0 atom stereocenters. The van der Waals surface area contributed by atoms with Gasteiger partial charge in [0.15, 0.2) is 0 Å². The number of amides is 1. The molecule has 0 radical (unpaired) electrons. The fourth-order valence-corrected chi connectivity index (χ4v) is 2.46. The van der Waals surface area contributed by atoms with Gasteiger partial charge in [-0.25, -0.2) is 4.39 Å². The van der Waals surface area contributed by atoms with Crippen molar-refractivity contribution >= 4 is 23.3 Å². The smallest absolute Gasteiger partial charge is 0.258 e. The minimum absolute atomic E-state index is 0.0145. The Balaban J connectivity index is 2.07. The van der Waals surface area contributed by atoms with Gasteiger partial charge in [-0.1, -0.05) is 29.8 Å². The lowest BCUT2D eigenvalue weighted by atomic mass is 9.94. The van der Waals surface area contributed by atoms with Gasteiger partial charge >= 0.3 is 0 Å². The first kappa shape index (κ1) is 18.5. The lowest BCUT2D eigenvalue weighted by molar-refractivity contribution is -0.120. The second kappa shape index (κ2) is 7.85. The van der Waals surface area contributed by atoms with Crippen LogP contribution in [0.2, 0.25) is 0 Å². The maximum atomic E-state index is 14.0. The molecule has 1 aliphatic rings. The molecule has 2 rings (SSSR count). The molecule has 0 heterocycles. The van der Waals surface area contributed by atoms with Gasteiger partial charge in [-0.05, 0) is 31.1 Å². The minimum atomic E-state index is -0.907. The largest absolute Gasteiger partial charge is 0.403 e. The summed E-state index contributed by atoms with van der Waals surface area (Å²) in [7, 11) is 0. The third-order valence-electron chi connectivity index (χ3n) is 3.76. The molecule has 1 amide bonds. The van der Waals surface area contributed by atoms with E-state index in [2.05, 4.69) is 10.3 Å². The first-order valence-electron chi connectivity index (χ1n) is 7.50. The van der Waals surface area contributed by atoms with E-state index in [1.807, 2.05) is 0 Å². The monoisotopic (exact) mass is 363 g/mol. The van der Waals surface area contributed by atoms with Gasteiger partial charge in [-0.2, -0.15) is 4.99 Å². The number of halogens is 2. The summed E-state index contributed by atoms with van der Waals surface area (Å²) >= 11 is 5.54. The van der Waals surface area contributed by atoms with Crippen LogP contribution in [0.25, 0.3) is 0 Å². The number of hydrogen-bond acceptors (Lipinski definition) is 4. The number of rotatable bonds is 6. The van der Waals surface area contributed by atoms with Crippen molar-refractivity contribution in [2.24, 2.45) is 22.2 Å². The Morgan fingerprint density at radius 1 is 1.32 bits per heavy atom. The summed E-state index contributed by atoms with van der Waals surface area (Å²) in [6.45, 7) is 0. The molecule has 0 aliphatic heterocycles. The number of carbonyl (C=O) groups excluding carboxylic acids is 1. The Labute approximate surface area is 149 Å². The molecule has 0 bridgehead atoms. The van der Waals surface area contributed by atoms with Gasteiger partial charge in [0.2, 0.25) is 0 Å². The summed E-state index contributed by atoms with van der Waals surface area (Å²) in [6, 6.07) is 6.20. The molecular formula is C17H19ClFN5O. The molecule has 0 unspecified atom stereocenters. The number of nitrogens with zero attached hydrogens (tertiary/aromatic N) is 1. The van der Waals surface area contributed by atoms with Crippen molar-refractivity contribution in [2.45, 2.75) is 18.3 Å². The second-order valence-corrected chi connectivity index (χ2v) is 5.97. The van der Waals surface area contributed by atoms with Crippen LogP contribution in [0.15, 0.2) is 64.7 Å². The van der Waals surface area contributed by atoms with Crippen molar-refractivity contribution in [3.05, 3.63) is 71.1 Å². The predicted octanol–water partition coefficient (Wildman–Crippen LogP) is 1.68. The van der Waals surface area contributed by atoms with E-state index in [0.717, 1.165) is 0 Å². The zero-order chi connectivity index (χ0) is 18.4. The van der Waals surface area contributed by atoms with Crippen molar-refractivity contribution in [3.8, 4) is 0 Å². The van der Waals surface area contributed by atoms with Crippen LogP contribution < -0.4 is 22.5 Å². The molecule has 6 nitrogen and oxygen atoms in total. The molecule has 1 saturated carbocycles. The van der Waals surface area contributed by atoms with E-state index in [1.54, 1.807) is 18.2 Å². The molecule has 1 aromatic rings. The highest BCUT2D eigenvalue weighted by molar-refractivity contribution is 6.29. The number of benzene rings is 1. The Kier molecular flexibility index (Phi) is 5.82. The molecule has 0 spiro atoms. The van der Waals surface area contributed by atoms with Gasteiger partial charge in [-0.15, -0.1) is 0 Å². The van der Waals surface area contributed by atoms with Gasteiger partial charge in [0.05, 0.1) is 11.1 Å². The molecule has 25 heavy (non-hydrogen) atoms. The molecule has 132 valence electrons. The van der Waals surface area contributed by atoms with Crippen LogP contribution in [0.3, 0.4) is 0 Å². The topological polar surface area (TPSA) is 120 Å². The van der Waals surface area contributed by atoms with Crippen LogP contribution in [0.5, 0.6) is 0 Å². The highest BCUT2D eigenvalue weighted by Crippen LogP contribution is 2.50. The van der Waals surface area contributed by atoms with Crippen LogP contribution in [-0.2, 0) is 10.2 Å². The molecule has 0 saturated heterocycles. The normalized spacial score (nSPS) is 17.6. The van der Waals surface area contributed by atoms with Crippen LogP contribution >= 0.6 is 11.6 Å². The highest BCUT2D eigenvalue weighted by atomic mass is 35.5. The fraction of sp³-hybridized carbons (Fsp3) is 0.176. The van der Waals surface area contributed by atoms with E-state index in [4.69, 9.17) is 28.8 Å². The average Bonchev–Trinajstić information content (AvgIpc) is 3.35. The van der Waals surface area contributed by atoms with Gasteiger partial charge in [0, 0.05) is 18.0 Å². The Morgan fingerprint density at radius 2 is 2.00 bits per heavy atom. The van der Waals surface area contributed by atoms with E-state index in [1.165, 1.54) is 30.6 Å². The maximum Gasteiger partial charge on any atom is 0.258 e. The van der Waals surface area contributed by atoms with Gasteiger partial charge in [0.25, 0.3) is 5.91 Å². The standard InChI is InChI=1S/C17H19ClFN5O/c18-14(21)9-11(10-20)23-8-5-15(22)24-16(25)17(6-7-17)12-3-1-2-4-13(12)19/h1-5,8-10,23H,6-7,20-21H2,(H2,22,24,25)/b8-5-,11-10+,14-9-. The lowest BCUT2D eigenvalue weighted by Gasteiger charge is -2.12. The Bertz CT molecular complexity index is 777. The molecule has 1 aliphatic carbocycles. The molecule has 8 heteroatoms. The lowest BCUT2D eigenvalue weighted by Crippen LogP contribution is -2.23. The number of hydrogen-bond donors (Lipinski definition) is 4. The van der Waals surface area contributed by atoms with Crippen molar-refractivity contribution in [3.63, 3.8) is 0 Å². The summed E-state index contributed by atoms with van der Waals surface area (Å²) in [4.78, 5) is 16.3. The number of nitrogens with one attached hydrogen (secondary N) is 1. The van der Waals surface area contributed by atoms with Crippen molar-refractivity contribution in [1.29, 1.82) is 0 Å². The highest BCUT2D eigenvalue weighted by Gasteiger charge is 2.52. The van der Waals surface area contributed by atoms with Gasteiger partial charge in [-0.3, -0.25) is 4.79 Å². The van der Waals surface area contributed by atoms with Crippen LogP contribution in [0, 0.1) is 5.82 Å². The number of carbonyl (C=O) groups is 1. The number of amidine groups is 1. The zero-order valence-electron chi connectivity index (χ0n) is 13.4. The van der Waals surface area contributed by atoms with E-state index in [-0.39, 0.29) is 11.0 Å². The van der Waals surface area contributed by atoms with E-state index in [9.17, 15) is 9.18 Å². The summed E-state index contributed by atoms with van der Waals surface area (Å²) < 4.78 is 14.0. The van der Waals surface area contributed by atoms with Crippen molar-refractivity contribution < 1.29 is 9.18 Å². The van der Waals surface area contributed by atoms with E-state index >= 15 is 0 Å². The molecular weight excluding hydrogens is 345 g/mol. The van der Waals surface area contributed by atoms with Crippen molar-refractivity contribution in [2.75, 3.05) is 0 Å². The number of aliphatic imine (C=N–C) groups is 1. The second-order valence-electron chi connectivity index (χ2n) is 5.53. The third kappa shape index (κ3) is 4.60. The number of nitrogens with two attached hydrogens (primary N) is 3. The first-order chi connectivity index (χ1) is 11.9. The third-order valence-corrected chi connectivity index (χ3v) is 3.87. The molecule has 1 aromatic carbocycles. The first-order valence-corrected chi connectivity index (χ1v) is 7.88. The zero-order valence-corrected chi connectivity index (χ0v) is 14.1. The Morgan fingerprint density at radius 3 is 2.56 bits per heavy atom.